The molecule has 1 N–H and O–H groups in total. The van der Waals surface area contributed by atoms with Crippen molar-refractivity contribution >= 4 is 11.6 Å². The predicted octanol–water partition coefficient (Wildman–Crippen LogP) is 2.94. The summed E-state index contributed by atoms with van der Waals surface area (Å²) in [7, 11) is 1.45. The Bertz CT molecular complexity index is 555. The summed E-state index contributed by atoms with van der Waals surface area (Å²) in [6.45, 7) is 5.59. The number of nitrogens with zero attached hydrogens (tertiary/aromatic N) is 2. The molecule has 0 unspecified atom stereocenters. The average molecular weight is 351 g/mol. The average Bonchev–Trinajstić information content (AvgIpc) is 2.67. The summed E-state index contributed by atoms with van der Waals surface area (Å²) >= 11 is 0. The van der Waals surface area contributed by atoms with Crippen LogP contribution in [0.15, 0.2) is 24.3 Å². The smallest absolute Gasteiger partial charge is 0.260 e. The summed E-state index contributed by atoms with van der Waals surface area (Å²) in [4.78, 5) is 11.8. The third-order valence-corrected chi connectivity index (χ3v) is 2.34. The number of para-hydroxylation sites is 1. The molecule has 0 saturated carbocycles. The van der Waals surface area contributed by atoms with Gasteiger partial charge >= 0.3 is 0 Å². The van der Waals surface area contributed by atoms with Crippen molar-refractivity contribution in [3.63, 3.8) is 0 Å². The first-order valence-corrected chi connectivity index (χ1v) is 6.06. The van der Waals surface area contributed by atoms with Crippen LogP contribution in [0.2, 0.25) is 0 Å². The van der Waals surface area contributed by atoms with Gasteiger partial charge in [0.1, 0.15) is 5.56 Å². The molecule has 0 aliphatic heterocycles. The van der Waals surface area contributed by atoms with Gasteiger partial charge in [-0.2, -0.15) is 33.8 Å². The summed E-state index contributed by atoms with van der Waals surface area (Å²) in [5.41, 5.74) is 0.823. The Morgan fingerprint density at radius 1 is 1.40 bits per heavy atom. The molecule has 0 bridgehead atoms. The van der Waals surface area contributed by atoms with Crippen LogP contribution in [0, 0.1) is 18.9 Å². The Labute approximate surface area is 143 Å². The van der Waals surface area contributed by atoms with Gasteiger partial charge in [0.25, 0.3) is 5.91 Å². The van der Waals surface area contributed by atoms with E-state index in [2.05, 4.69) is 16.5 Å². The summed E-state index contributed by atoms with van der Waals surface area (Å²) in [6, 6.07) is 9.73. The van der Waals surface area contributed by atoms with E-state index in [4.69, 9.17) is 0 Å². The van der Waals surface area contributed by atoms with Crippen LogP contribution in [0.25, 0.3) is 0 Å². The van der Waals surface area contributed by atoms with Crippen molar-refractivity contribution in [2.45, 2.75) is 20.8 Å². The molecule has 2 aromatic rings. The number of carbonyl (C=O) groups is 1. The van der Waals surface area contributed by atoms with E-state index < -0.39 is 11.9 Å². The number of anilines is 1. The van der Waals surface area contributed by atoms with E-state index in [0.29, 0.717) is 11.4 Å². The zero-order valence-corrected chi connectivity index (χ0v) is 14.9. The number of aromatic nitrogens is 2. The van der Waals surface area contributed by atoms with Crippen molar-refractivity contribution in [1.82, 2.24) is 9.78 Å². The maximum absolute atomic E-state index is 13.6. The topological polar surface area (TPSA) is 46.9 Å². The molecule has 2 rings (SSSR count). The summed E-state index contributed by atoms with van der Waals surface area (Å²) in [6.07, 6.45) is 0. The fourth-order valence-corrected chi connectivity index (χ4v) is 1.54. The molecule has 1 amide bonds. The minimum absolute atomic E-state index is 0. The Hall–Kier alpha value is -1.07. The molecule has 1 radical (unpaired) electrons. The predicted molar refractivity (Wildman–Crippen MR) is 72.5 cm³/mol. The molecule has 0 atom stereocenters. The number of hydrogen-bond acceptors (Lipinski definition) is 2. The summed E-state index contributed by atoms with van der Waals surface area (Å²) in [5.74, 6) is -1.16. The molecule has 0 aliphatic rings. The molecule has 1 aromatic carbocycles. The summed E-state index contributed by atoms with van der Waals surface area (Å²) < 4.78 is 14.6. The molecule has 6 heteroatoms. The molecule has 0 aliphatic carbocycles. The van der Waals surface area contributed by atoms with Crippen LogP contribution in [0.1, 0.15) is 29.9 Å². The quantitative estimate of drug-likeness (QED) is 0.846. The fourth-order valence-electron chi connectivity index (χ4n) is 1.54. The Morgan fingerprint density at radius 2 is 2.05 bits per heavy atom. The monoisotopic (exact) mass is 351 g/mol. The SMILES string of the molecule is CC.Cc1nn(C)c(F)c1C(=O)Nc1[c-]cccc1.[Y]. The first-order valence-electron chi connectivity index (χ1n) is 6.06. The number of benzene rings is 1. The zero-order chi connectivity index (χ0) is 14.4. The maximum atomic E-state index is 13.6. The van der Waals surface area contributed by atoms with Crippen LogP contribution in [0.4, 0.5) is 10.1 Å². The minimum atomic E-state index is -0.643. The van der Waals surface area contributed by atoms with Crippen molar-refractivity contribution in [2.75, 3.05) is 5.32 Å². The first-order chi connectivity index (χ1) is 9.09. The molecule has 105 valence electrons. The van der Waals surface area contributed by atoms with Crippen molar-refractivity contribution in [1.29, 1.82) is 0 Å². The van der Waals surface area contributed by atoms with E-state index in [1.54, 1.807) is 31.2 Å². The standard InChI is InChI=1S/C12H11FN3O.C2H6.Y/c1-8-10(11(13)16(2)15-8)12(17)14-9-6-4-3-5-7-9;1-2;/h3-6H,1-2H3,(H,14,17);1-2H3;/q-1;;. The number of rotatable bonds is 2. The number of halogens is 1. The molecule has 1 aromatic heterocycles. The Morgan fingerprint density at radius 3 is 2.50 bits per heavy atom. The minimum Gasteiger partial charge on any atom is -0.345 e. The second-order valence-corrected chi connectivity index (χ2v) is 3.61. The van der Waals surface area contributed by atoms with Gasteiger partial charge in [-0.25, -0.2) is 4.68 Å². The van der Waals surface area contributed by atoms with Gasteiger partial charge in [-0.3, -0.25) is 4.79 Å². The van der Waals surface area contributed by atoms with E-state index in [1.807, 2.05) is 13.8 Å². The van der Waals surface area contributed by atoms with Crippen LogP contribution < -0.4 is 5.32 Å². The van der Waals surface area contributed by atoms with E-state index in [1.165, 1.54) is 7.05 Å². The van der Waals surface area contributed by atoms with Gasteiger partial charge in [-0.15, -0.1) is 6.07 Å². The van der Waals surface area contributed by atoms with E-state index in [-0.39, 0.29) is 38.3 Å². The molecule has 1 heterocycles. The van der Waals surface area contributed by atoms with Crippen molar-refractivity contribution in [3.8, 4) is 0 Å². The van der Waals surface area contributed by atoms with Gasteiger partial charge in [-0.05, 0) is 6.92 Å². The third kappa shape index (κ3) is 4.49. The second-order valence-electron chi connectivity index (χ2n) is 3.61. The number of carbonyl (C=O) groups excluding carboxylic acids is 1. The summed E-state index contributed by atoms with van der Waals surface area (Å²) in [5, 5.41) is 6.41. The van der Waals surface area contributed by atoms with Crippen LogP contribution in [0.5, 0.6) is 0 Å². The van der Waals surface area contributed by atoms with Crippen molar-refractivity contribution in [3.05, 3.63) is 47.5 Å². The normalized spacial score (nSPS) is 9.05. The molecule has 20 heavy (non-hydrogen) atoms. The molecule has 0 spiro atoms. The van der Waals surface area contributed by atoms with Gasteiger partial charge in [-0.1, -0.05) is 19.5 Å². The van der Waals surface area contributed by atoms with Gasteiger partial charge in [0.15, 0.2) is 0 Å². The van der Waals surface area contributed by atoms with Crippen LogP contribution in [-0.2, 0) is 39.8 Å². The zero-order valence-electron chi connectivity index (χ0n) is 12.1. The molecule has 4 nitrogen and oxygen atoms in total. The largest absolute Gasteiger partial charge is 0.345 e. The van der Waals surface area contributed by atoms with Crippen LogP contribution in [-0.4, -0.2) is 15.7 Å². The molecular weight excluding hydrogens is 334 g/mol. The van der Waals surface area contributed by atoms with Gasteiger partial charge in [0.2, 0.25) is 5.95 Å². The van der Waals surface area contributed by atoms with E-state index in [0.717, 1.165) is 4.68 Å². The number of aryl methyl sites for hydroxylation is 2. The Balaban J connectivity index is 0.00000115. The number of amides is 1. The number of hydrogen-bond donors (Lipinski definition) is 1. The van der Waals surface area contributed by atoms with Crippen LogP contribution >= 0.6 is 0 Å². The second kappa shape index (κ2) is 8.98. The van der Waals surface area contributed by atoms with Gasteiger partial charge < -0.3 is 5.32 Å². The van der Waals surface area contributed by atoms with E-state index >= 15 is 0 Å². The van der Waals surface area contributed by atoms with Crippen molar-refractivity contribution in [2.24, 2.45) is 7.05 Å². The number of nitrogens with one attached hydrogen (secondary N) is 1. The maximum Gasteiger partial charge on any atom is 0.260 e. The van der Waals surface area contributed by atoms with Crippen LogP contribution in [0.3, 0.4) is 0 Å². The third-order valence-electron chi connectivity index (χ3n) is 2.34. The fraction of sp³-hybridized carbons (Fsp3) is 0.286. The molecule has 0 saturated heterocycles. The van der Waals surface area contributed by atoms with Gasteiger partial charge in [0, 0.05) is 39.8 Å². The van der Waals surface area contributed by atoms with Gasteiger partial charge in [0.05, 0.1) is 5.69 Å². The first kappa shape index (κ1) is 18.9. The molecule has 0 fully saturated rings. The van der Waals surface area contributed by atoms with E-state index in [9.17, 15) is 9.18 Å². The molecular formula is C14H17FN3OY-. The van der Waals surface area contributed by atoms with Crippen molar-refractivity contribution < 1.29 is 41.9 Å². The Kier molecular flexibility index (Phi) is 8.50.